The van der Waals surface area contributed by atoms with Crippen LogP contribution >= 0.6 is 11.3 Å². The van der Waals surface area contributed by atoms with Gasteiger partial charge in [-0.25, -0.2) is 8.42 Å². The molecule has 3 heterocycles. The Morgan fingerprint density at radius 1 is 1.23 bits per heavy atom. The highest BCUT2D eigenvalue weighted by Crippen LogP contribution is 2.35. The van der Waals surface area contributed by atoms with Crippen LogP contribution in [0.2, 0.25) is 0 Å². The maximum absolute atomic E-state index is 12.8. The Hall–Kier alpha value is -2.20. The number of benzene rings is 1. The Kier molecular flexibility index (Phi) is 5.95. The minimum Gasteiger partial charge on any atom is -0.497 e. The molecule has 0 bridgehead atoms. The van der Waals surface area contributed by atoms with E-state index in [1.165, 1.54) is 10.6 Å². The zero-order valence-corrected chi connectivity index (χ0v) is 19.8. The Morgan fingerprint density at radius 3 is 2.68 bits per heavy atom. The van der Waals surface area contributed by atoms with Gasteiger partial charge < -0.3 is 9.30 Å². The summed E-state index contributed by atoms with van der Waals surface area (Å²) in [7, 11) is 0.242. The second-order valence-corrected chi connectivity index (χ2v) is 11.2. The number of thiophene rings is 1. The SMILES string of the molecule is COc1cccc(-c2cn(C)c(=O)c3cc(CN4CCN(S(C)(=O)=O)CC4C)sc23)c1. The molecule has 1 aromatic carbocycles. The molecule has 1 unspecified atom stereocenters. The lowest BCUT2D eigenvalue weighted by atomic mass is 10.1. The molecule has 9 heteroatoms. The lowest BCUT2D eigenvalue weighted by molar-refractivity contribution is 0.123. The number of fused-ring (bicyclic) bond motifs is 1. The first-order valence-electron chi connectivity index (χ1n) is 10.1. The quantitative estimate of drug-likeness (QED) is 0.584. The molecule has 7 nitrogen and oxygen atoms in total. The van der Waals surface area contributed by atoms with E-state index in [0.29, 0.717) is 31.6 Å². The zero-order valence-electron chi connectivity index (χ0n) is 18.2. The van der Waals surface area contributed by atoms with Crippen molar-refractivity contribution in [3.63, 3.8) is 0 Å². The molecule has 1 fully saturated rings. The molecule has 0 N–H and O–H groups in total. The molecule has 0 saturated carbocycles. The molecule has 2 aromatic heterocycles. The number of ether oxygens (including phenoxy) is 1. The van der Waals surface area contributed by atoms with Crippen LogP contribution in [-0.2, 0) is 23.6 Å². The number of rotatable bonds is 5. The van der Waals surface area contributed by atoms with Gasteiger partial charge in [-0.3, -0.25) is 9.69 Å². The number of aromatic nitrogens is 1. The van der Waals surface area contributed by atoms with E-state index >= 15 is 0 Å². The normalized spacial score (nSPS) is 18.5. The maximum atomic E-state index is 12.8. The molecule has 1 aliphatic rings. The van der Waals surface area contributed by atoms with Crippen LogP contribution in [-0.4, -0.2) is 61.2 Å². The lowest BCUT2D eigenvalue weighted by Crippen LogP contribution is -2.52. The van der Waals surface area contributed by atoms with Gasteiger partial charge >= 0.3 is 0 Å². The van der Waals surface area contributed by atoms with Crippen molar-refractivity contribution >= 4 is 31.4 Å². The molecule has 31 heavy (non-hydrogen) atoms. The van der Waals surface area contributed by atoms with E-state index in [-0.39, 0.29) is 11.6 Å². The second kappa shape index (κ2) is 8.38. The van der Waals surface area contributed by atoms with Gasteiger partial charge in [-0.05, 0) is 30.7 Å². The largest absolute Gasteiger partial charge is 0.497 e. The van der Waals surface area contributed by atoms with Gasteiger partial charge in [0.15, 0.2) is 0 Å². The van der Waals surface area contributed by atoms with Crippen molar-refractivity contribution in [3.8, 4) is 16.9 Å². The highest BCUT2D eigenvalue weighted by atomic mass is 32.2. The summed E-state index contributed by atoms with van der Waals surface area (Å²) in [6.07, 6.45) is 3.14. The van der Waals surface area contributed by atoms with Crippen LogP contribution in [0.3, 0.4) is 0 Å². The Bertz CT molecular complexity index is 1280. The fourth-order valence-electron chi connectivity index (χ4n) is 4.07. The molecule has 1 atom stereocenters. The molecule has 166 valence electrons. The predicted octanol–water partition coefficient (Wildman–Crippen LogP) is 2.74. The third-order valence-electron chi connectivity index (χ3n) is 5.84. The summed E-state index contributed by atoms with van der Waals surface area (Å²) in [5, 5.41) is 0.713. The number of sulfonamides is 1. The van der Waals surface area contributed by atoms with Crippen molar-refractivity contribution in [2.75, 3.05) is 33.0 Å². The molecular weight excluding hydrogens is 434 g/mol. The summed E-state index contributed by atoms with van der Waals surface area (Å²) in [6, 6.07) is 9.94. The molecule has 0 amide bonds. The van der Waals surface area contributed by atoms with Crippen LogP contribution in [0.5, 0.6) is 5.75 Å². The monoisotopic (exact) mass is 461 g/mol. The summed E-state index contributed by atoms with van der Waals surface area (Å²) in [5.74, 6) is 0.772. The smallest absolute Gasteiger partial charge is 0.259 e. The van der Waals surface area contributed by atoms with Gasteiger partial charge in [-0.2, -0.15) is 4.31 Å². The molecule has 0 aliphatic carbocycles. The van der Waals surface area contributed by atoms with Gasteiger partial charge in [0.25, 0.3) is 5.56 Å². The Balaban J connectivity index is 1.68. The topological polar surface area (TPSA) is 71.8 Å². The van der Waals surface area contributed by atoms with E-state index in [9.17, 15) is 13.2 Å². The van der Waals surface area contributed by atoms with Crippen molar-refractivity contribution in [1.29, 1.82) is 0 Å². The fourth-order valence-corrected chi connectivity index (χ4v) is 6.18. The van der Waals surface area contributed by atoms with Gasteiger partial charge in [0.2, 0.25) is 10.0 Å². The van der Waals surface area contributed by atoms with Crippen molar-refractivity contribution in [3.05, 3.63) is 51.8 Å². The lowest BCUT2D eigenvalue weighted by Gasteiger charge is -2.38. The first-order chi connectivity index (χ1) is 14.7. The van der Waals surface area contributed by atoms with E-state index in [4.69, 9.17) is 4.74 Å². The van der Waals surface area contributed by atoms with E-state index in [2.05, 4.69) is 4.90 Å². The van der Waals surface area contributed by atoms with E-state index in [0.717, 1.165) is 26.5 Å². The average Bonchev–Trinajstić information content (AvgIpc) is 3.15. The highest BCUT2D eigenvalue weighted by molar-refractivity contribution is 7.88. The van der Waals surface area contributed by atoms with Crippen molar-refractivity contribution in [2.24, 2.45) is 7.05 Å². The average molecular weight is 462 g/mol. The zero-order chi connectivity index (χ0) is 22.3. The number of piperazine rings is 1. The molecular formula is C22H27N3O4S2. The number of hydrogen-bond donors (Lipinski definition) is 0. The molecule has 1 aliphatic heterocycles. The molecule has 1 saturated heterocycles. The predicted molar refractivity (Wildman–Crippen MR) is 125 cm³/mol. The standard InChI is InChI=1S/C22H27N3O4S2/c1-15-12-25(31(4,27)28)9-8-24(15)13-18-11-19-21(30-18)20(14-23(2)22(19)26)16-6-5-7-17(10-16)29-3/h5-7,10-11,14-15H,8-9,12-13H2,1-4H3. The second-order valence-electron chi connectivity index (χ2n) is 8.09. The van der Waals surface area contributed by atoms with Crippen LogP contribution in [0.15, 0.2) is 41.3 Å². The first-order valence-corrected chi connectivity index (χ1v) is 12.8. The van der Waals surface area contributed by atoms with Crippen molar-refractivity contribution in [2.45, 2.75) is 19.5 Å². The third kappa shape index (κ3) is 4.41. The van der Waals surface area contributed by atoms with Gasteiger partial charge in [-0.15, -0.1) is 11.3 Å². The van der Waals surface area contributed by atoms with Gasteiger partial charge in [0.1, 0.15) is 5.75 Å². The van der Waals surface area contributed by atoms with Crippen LogP contribution in [0.1, 0.15) is 11.8 Å². The van der Waals surface area contributed by atoms with Crippen LogP contribution in [0, 0.1) is 0 Å². The van der Waals surface area contributed by atoms with E-state index in [1.807, 2.05) is 43.5 Å². The number of methoxy groups -OCH3 is 1. The van der Waals surface area contributed by atoms with Crippen molar-refractivity contribution < 1.29 is 13.2 Å². The van der Waals surface area contributed by atoms with Crippen LogP contribution in [0.4, 0.5) is 0 Å². The summed E-state index contributed by atoms with van der Waals surface area (Å²) < 4.78 is 33.2. The number of aryl methyl sites for hydroxylation is 1. The highest BCUT2D eigenvalue weighted by Gasteiger charge is 2.29. The maximum Gasteiger partial charge on any atom is 0.259 e. The molecule has 0 radical (unpaired) electrons. The summed E-state index contributed by atoms with van der Waals surface area (Å²) in [5.41, 5.74) is 1.99. The van der Waals surface area contributed by atoms with Crippen LogP contribution in [0.25, 0.3) is 21.2 Å². The number of pyridine rings is 1. The van der Waals surface area contributed by atoms with Gasteiger partial charge in [0.05, 0.1) is 18.8 Å². The first kappa shape index (κ1) is 22.0. The van der Waals surface area contributed by atoms with E-state index in [1.54, 1.807) is 30.1 Å². The van der Waals surface area contributed by atoms with E-state index < -0.39 is 10.0 Å². The number of nitrogens with zero attached hydrogens (tertiary/aromatic N) is 3. The molecule has 4 rings (SSSR count). The van der Waals surface area contributed by atoms with Gasteiger partial charge in [-0.1, -0.05) is 12.1 Å². The number of hydrogen-bond acceptors (Lipinski definition) is 6. The molecule has 3 aromatic rings. The molecule has 0 spiro atoms. The summed E-state index contributed by atoms with van der Waals surface area (Å²) in [6.45, 7) is 4.39. The Labute approximate surface area is 186 Å². The Morgan fingerprint density at radius 2 is 2.00 bits per heavy atom. The summed E-state index contributed by atoms with van der Waals surface area (Å²) >= 11 is 1.63. The minimum absolute atomic E-state index is 0.0147. The summed E-state index contributed by atoms with van der Waals surface area (Å²) in [4.78, 5) is 16.2. The minimum atomic E-state index is -3.17. The van der Waals surface area contributed by atoms with Gasteiger partial charge in [0, 0.05) is 60.6 Å². The van der Waals surface area contributed by atoms with Crippen molar-refractivity contribution in [1.82, 2.24) is 13.8 Å². The third-order valence-corrected chi connectivity index (χ3v) is 8.26. The van der Waals surface area contributed by atoms with Crippen LogP contribution < -0.4 is 10.3 Å². The fraction of sp³-hybridized carbons (Fsp3) is 0.409.